The predicted molar refractivity (Wildman–Crippen MR) is 97.5 cm³/mol. The van der Waals surface area contributed by atoms with Crippen molar-refractivity contribution in [1.82, 2.24) is 0 Å². The van der Waals surface area contributed by atoms with Gasteiger partial charge in [-0.1, -0.05) is 60.6 Å². The van der Waals surface area contributed by atoms with Gasteiger partial charge in [-0.15, -0.1) is 0 Å². The molecular weight excluding hydrogens is 318 g/mol. The Morgan fingerprint density at radius 2 is 1.64 bits per heavy atom. The van der Waals surface area contributed by atoms with Crippen molar-refractivity contribution < 1.29 is 19.4 Å². The molecule has 5 nitrogen and oxygen atoms in total. The van der Waals surface area contributed by atoms with Crippen LogP contribution in [0.25, 0.3) is 0 Å². The Bertz CT molecular complexity index is 639. The first kappa shape index (κ1) is 20.9. The van der Waals surface area contributed by atoms with Crippen LogP contribution >= 0.6 is 0 Å². The van der Waals surface area contributed by atoms with Crippen molar-refractivity contribution in [2.45, 2.75) is 78.4 Å². The topological polar surface area (TPSA) is 76.0 Å². The van der Waals surface area contributed by atoms with Gasteiger partial charge in [-0.2, -0.15) is 4.99 Å². The second-order valence-corrected chi connectivity index (χ2v) is 8.26. The highest BCUT2D eigenvalue weighted by Gasteiger charge is 2.27. The zero-order chi connectivity index (χ0) is 19.4. The summed E-state index contributed by atoms with van der Waals surface area (Å²) in [4.78, 5) is 25.8. The molecule has 0 saturated heterocycles. The maximum absolute atomic E-state index is 11.5. The van der Waals surface area contributed by atoms with E-state index >= 15 is 0 Å². The lowest BCUT2D eigenvalue weighted by Gasteiger charge is -2.28. The summed E-state index contributed by atoms with van der Waals surface area (Å²) in [6, 6.07) is 3.77. The molecule has 0 heterocycles. The van der Waals surface area contributed by atoms with Gasteiger partial charge < -0.3 is 9.84 Å². The number of carbonyl (C=O) groups is 1. The van der Waals surface area contributed by atoms with E-state index < -0.39 is 12.2 Å². The second-order valence-electron chi connectivity index (χ2n) is 8.26. The van der Waals surface area contributed by atoms with Crippen LogP contribution in [0.1, 0.15) is 71.6 Å². The Hall–Kier alpha value is -2.13. The van der Waals surface area contributed by atoms with Crippen molar-refractivity contribution in [1.29, 1.82) is 0 Å². The minimum Gasteiger partial charge on any atom is -0.507 e. The van der Waals surface area contributed by atoms with Gasteiger partial charge in [0.2, 0.25) is 12.3 Å². The minimum absolute atomic E-state index is 0.209. The number of phenolic OH excluding ortho intramolecular Hbond substituents is 1. The molecule has 0 aliphatic rings. The number of ether oxygens (including phenoxy) is 1. The third-order valence-electron chi connectivity index (χ3n) is 3.95. The van der Waals surface area contributed by atoms with Crippen molar-refractivity contribution in [2.24, 2.45) is 4.99 Å². The number of nitrogens with zero attached hydrogens (tertiary/aromatic N) is 1. The molecule has 0 aromatic heterocycles. The maximum Gasteiger partial charge on any atom is 0.307 e. The lowest BCUT2D eigenvalue weighted by atomic mass is 9.78. The number of benzene rings is 1. The van der Waals surface area contributed by atoms with Gasteiger partial charge >= 0.3 is 5.97 Å². The van der Waals surface area contributed by atoms with Crippen LogP contribution in [0, 0.1) is 0 Å². The van der Waals surface area contributed by atoms with Crippen LogP contribution in [0.3, 0.4) is 0 Å². The number of hydrogen-bond donors (Lipinski definition) is 1. The summed E-state index contributed by atoms with van der Waals surface area (Å²) in [7, 11) is 0. The molecule has 0 fully saturated rings. The van der Waals surface area contributed by atoms with E-state index in [1.54, 1.807) is 6.92 Å². The summed E-state index contributed by atoms with van der Waals surface area (Å²) in [6.45, 7) is 13.8. The summed E-state index contributed by atoms with van der Waals surface area (Å²) in [5.74, 6) is -0.139. The number of esters is 1. The molecule has 0 bridgehead atoms. The van der Waals surface area contributed by atoms with E-state index in [1.165, 1.54) is 6.08 Å². The van der Waals surface area contributed by atoms with E-state index in [2.05, 4.69) is 4.99 Å². The van der Waals surface area contributed by atoms with Crippen LogP contribution in [0.5, 0.6) is 5.75 Å². The molecule has 0 aliphatic carbocycles. The first-order chi connectivity index (χ1) is 11.4. The van der Waals surface area contributed by atoms with Gasteiger partial charge in [-0.25, -0.2) is 4.79 Å². The molecular formula is C20H29NO4. The molecule has 0 amide bonds. The summed E-state index contributed by atoms with van der Waals surface area (Å²) < 4.78 is 5.19. The Labute approximate surface area is 150 Å². The van der Waals surface area contributed by atoms with Gasteiger partial charge in [-0.3, -0.25) is 4.79 Å². The maximum atomic E-state index is 11.5. The third-order valence-corrected chi connectivity index (χ3v) is 3.95. The zero-order valence-electron chi connectivity index (χ0n) is 16.3. The Kier molecular flexibility index (Phi) is 6.55. The molecule has 1 atom stereocenters. The predicted octanol–water partition coefficient (Wildman–Crippen LogP) is 4.14. The molecule has 5 heteroatoms. The number of isocyanates is 1. The number of hydrogen-bond acceptors (Lipinski definition) is 5. The van der Waals surface area contributed by atoms with Crippen molar-refractivity contribution in [3.05, 3.63) is 28.8 Å². The average molecular weight is 347 g/mol. The fourth-order valence-electron chi connectivity index (χ4n) is 2.56. The first-order valence-corrected chi connectivity index (χ1v) is 8.53. The van der Waals surface area contributed by atoms with Crippen LogP contribution in [-0.2, 0) is 31.6 Å². The number of aromatic hydroxyl groups is 1. The summed E-state index contributed by atoms with van der Waals surface area (Å²) in [6.07, 6.45) is 1.03. The van der Waals surface area contributed by atoms with E-state index in [9.17, 15) is 14.7 Å². The molecule has 138 valence electrons. The van der Waals surface area contributed by atoms with Crippen LogP contribution in [0.4, 0.5) is 0 Å². The van der Waals surface area contributed by atoms with Gasteiger partial charge in [0, 0.05) is 12.8 Å². The van der Waals surface area contributed by atoms with Crippen molar-refractivity contribution >= 4 is 12.0 Å². The normalized spacial score (nSPS) is 13.1. The highest BCUT2D eigenvalue weighted by Crippen LogP contribution is 2.40. The van der Waals surface area contributed by atoms with Gasteiger partial charge in [0.05, 0.1) is 0 Å². The first-order valence-electron chi connectivity index (χ1n) is 8.53. The van der Waals surface area contributed by atoms with E-state index in [1.807, 2.05) is 53.7 Å². The number of rotatable bonds is 5. The van der Waals surface area contributed by atoms with E-state index in [-0.39, 0.29) is 29.4 Å². The lowest BCUT2D eigenvalue weighted by molar-refractivity contribution is -0.148. The Balaban J connectivity index is 3.39. The summed E-state index contributed by atoms with van der Waals surface area (Å²) in [5, 5.41) is 10.7. The molecule has 1 unspecified atom stereocenters. The average Bonchev–Trinajstić information content (AvgIpc) is 2.46. The summed E-state index contributed by atoms with van der Waals surface area (Å²) in [5.41, 5.74) is 1.95. The third kappa shape index (κ3) is 5.71. The molecule has 1 N–H and O–H groups in total. The van der Waals surface area contributed by atoms with Crippen molar-refractivity contribution in [3.63, 3.8) is 0 Å². The van der Waals surface area contributed by atoms with Crippen LogP contribution in [-0.4, -0.2) is 23.4 Å². The van der Waals surface area contributed by atoms with Gasteiger partial charge in [-0.05, 0) is 27.5 Å². The summed E-state index contributed by atoms with van der Waals surface area (Å²) >= 11 is 0. The minimum atomic E-state index is -0.907. The molecule has 0 aliphatic heterocycles. The van der Waals surface area contributed by atoms with Crippen LogP contribution in [0.15, 0.2) is 17.1 Å². The molecule has 0 saturated carbocycles. The van der Waals surface area contributed by atoms with Gasteiger partial charge in [0.1, 0.15) is 5.75 Å². The molecule has 0 spiro atoms. The molecule has 0 radical (unpaired) electrons. The number of aliphatic imine (C=N–C) groups is 1. The molecule has 1 aromatic carbocycles. The number of carbonyl (C=O) groups excluding carboxylic acids is 2. The fourth-order valence-corrected chi connectivity index (χ4v) is 2.56. The highest BCUT2D eigenvalue weighted by molar-refractivity contribution is 5.69. The van der Waals surface area contributed by atoms with E-state index in [0.717, 1.165) is 16.7 Å². The van der Waals surface area contributed by atoms with Crippen molar-refractivity contribution in [2.75, 3.05) is 0 Å². The van der Waals surface area contributed by atoms with E-state index in [0.29, 0.717) is 0 Å². The number of phenols is 1. The second kappa shape index (κ2) is 7.83. The quantitative estimate of drug-likeness (QED) is 0.493. The fraction of sp³-hybridized carbons (Fsp3) is 0.600. The SMILES string of the molecule is CCC(=O)OC(Cc1cc(C(C)(C)C)c(O)c(C(C)(C)C)c1)N=C=O. The molecule has 1 aromatic rings. The van der Waals surface area contributed by atoms with Crippen molar-refractivity contribution in [3.8, 4) is 5.75 Å². The van der Waals surface area contributed by atoms with Gasteiger partial charge in [0.15, 0.2) is 0 Å². The van der Waals surface area contributed by atoms with Gasteiger partial charge in [0.25, 0.3) is 0 Å². The standard InChI is InChI=1S/C20H29NO4/c1-8-17(23)25-16(21-12-22)11-13-9-14(19(2,3)4)18(24)15(10-13)20(5,6)7/h9-10,16,24H,8,11H2,1-7H3. The highest BCUT2D eigenvalue weighted by atomic mass is 16.6. The van der Waals surface area contributed by atoms with E-state index in [4.69, 9.17) is 4.74 Å². The van der Waals surface area contributed by atoms with Crippen LogP contribution < -0.4 is 0 Å². The monoisotopic (exact) mass is 347 g/mol. The Morgan fingerprint density at radius 1 is 1.16 bits per heavy atom. The lowest BCUT2D eigenvalue weighted by Crippen LogP contribution is -2.21. The molecule has 1 rings (SSSR count). The zero-order valence-corrected chi connectivity index (χ0v) is 16.3. The van der Waals surface area contributed by atoms with Crippen LogP contribution in [0.2, 0.25) is 0 Å². The Morgan fingerprint density at radius 3 is 2.00 bits per heavy atom. The smallest absolute Gasteiger partial charge is 0.307 e. The largest absolute Gasteiger partial charge is 0.507 e. The molecule has 25 heavy (non-hydrogen) atoms.